The number of morpholine rings is 1. The molecule has 0 bridgehead atoms. The number of esters is 1. The van der Waals surface area contributed by atoms with E-state index in [4.69, 9.17) is 14.2 Å². The number of ether oxygens (including phenoxy) is 3. The van der Waals surface area contributed by atoms with E-state index in [2.05, 4.69) is 0 Å². The summed E-state index contributed by atoms with van der Waals surface area (Å²) in [5.41, 5.74) is 0.765. The lowest BCUT2D eigenvalue weighted by atomic mass is 10.1. The molecule has 0 N–H and O–H groups in total. The zero-order valence-corrected chi connectivity index (χ0v) is 14.9. The summed E-state index contributed by atoms with van der Waals surface area (Å²) in [5.74, 6) is -0.236. The van der Waals surface area contributed by atoms with E-state index < -0.39 is 5.97 Å². The maximum atomic E-state index is 12.4. The minimum atomic E-state index is -0.438. The lowest BCUT2D eigenvalue weighted by molar-refractivity contribution is -0.149. The molecule has 1 aliphatic heterocycles. The summed E-state index contributed by atoms with van der Waals surface area (Å²) in [6, 6.07) is 8.73. The zero-order chi connectivity index (χ0) is 18.9. The fourth-order valence-electron chi connectivity index (χ4n) is 2.34. The highest BCUT2D eigenvalue weighted by molar-refractivity contribution is 6.01. The molecule has 0 aliphatic carbocycles. The molecule has 1 heterocycles. The number of hydrogen-bond donors (Lipinski definition) is 0. The molecule has 1 aliphatic rings. The van der Waals surface area contributed by atoms with Gasteiger partial charge in [-0.2, -0.15) is 5.26 Å². The van der Waals surface area contributed by atoms with Gasteiger partial charge in [-0.3, -0.25) is 4.79 Å². The van der Waals surface area contributed by atoms with Crippen LogP contribution in [0.1, 0.15) is 19.4 Å². The van der Waals surface area contributed by atoms with Gasteiger partial charge in [-0.05, 0) is 37.6 Å². The monoisotopic (exact) mass is 358 g/mol. The third kappa shape index (κ3) is 5.90. The summed E-state index contributed by atoms with van der Waals surface area (Å²) < 4.78 is 15.5. The number of benzene rings is 1. The molecule has 0 spiro atoms. The molecule has 1 aromatic carbocycles. The normalized spacial score (nSPS) is 14.7. The number of hydrogen-bond acceptors (Lipinski definition) is 6. The average molecular weight is 358 g/mol. The van der Waals surface area contributed by atoms with Crippen LogP contribution in [-0.4, -0.2) is 55.8 Å². The average Bonchev–Trinajstić information content (AvgIpc) is 2.65. The summed E-state index contributed by atoms with van der Waals surface area (Å²) in [7, 11) is 0. The third-order valence-corrected chi connectivity index (χ3v) is 3.56. The first kappa shape index (κ1) is 19.5. The Labute approximate surface area is 152 Å². The first-order valence-electron chi connectivity index (χ1n) is 8.40. The minimum absolute atomic E-state index is 0.0704. The Bertz CT molecular complexity index is 698. The number of nitriles is 1. The van der Waals surface area contributed by atoms with Gasteiger partial charge in [-0.25, -0.2) is 4.79 Å². The Morgan fingerprint density at radius 1 is 1.27 bits per heavy atom. The number of nitrogens with zero attached hydrogens (tertiary/aromatic N) is 2. The molecule has 1 aromatic rings. The molecule has 0 saturated carbocycles. The Morgan fingerprint density at radius 2 is 1.92 bits per heavy atom. The van der Waals surface area contributed by atoms with E-state index in [9.17, 15) is 14.9 Å². The Hall–Kier alpha value is -2.85. The summed E-state index contributed by atoms with van der Waals surface area (Å²) in [4.78, 5) is 25.4. The maximum Gasteiger partial charge on any atom is 0.344 e. The quantitative estimate of drug-likeness (QED) is 0.437. The molecule has 1 fully saturated rings. The second-order valence-electron chi connectivity index (χ2n) is 5.97. The fraction of sp³-hybridized carbons (Fsp3) is 0.421. The van der Waals surface area contributed by atoms with Crippen molar-refractivity contribution >= 4 is 18.0 Å². The van der Waals surface area contributed by atoms with Crippen LogP contribution in [0.15, 0.2) is 29.8 Å². The van der Waals surface area contributed by atoms with Gasteiger partial charge in [-0.1, -0.05) is 12.1 Å². The van der Waals surface area contributed by atoms with Crippen LogP contribution in [0.4, 0.5) is 0 Å². The van der Waals surface area contributed by atoms with Gasteiger partial charge in [0.25, 0.3) is 5.91 Å². The van der Waals surface area contributed by atoms with Crippen molar-refractivity contribution in [3.8, 4) is 11.8 Å². The molecular weight excluding hydrogens is 336 g/mol. The van der Waals surface area contributed by atoms with Crippen molar-refractivity contribution in [2.75, 3.05) is 32.9 Å². The van der Waals surface area contributed by atoms with Gasteiger partial charge in [0.1, 0.15) is 17.4 Å². The van der Waals surface area contributed by atoms with Crippen molar-refractivity contribution < 1.29 is 23.8 Å². The first-order chi connectivity index (χ1) is 12.5. The molecule has 0 unspecified atom stereocenters. The highest BCUT2D eigenvalue weighted by Gasteiger charge is 2.20. The highest BCUT2D eigenvalue weighted by Crippen LogP contribution is 2.16. The maximum absolute atomic E-state index is 12.4. The SMILES string of the molecule is CC(C)OC(=O)COc1ccc(/C=C(/C#N)C(=O)N2CCOCC2)cc1. The Morgan fingerprint density at radius 3 is 2.50 bits per heavy atom. The van der Waals surface area contributed by atoms with Crippen LogP contribution < -0.4 is 4.74 Å². The van der Waals surface area contributed by atoms with Crippen molar-refractivity contribution in [1.82, 2.24) is 4.90 Å². The van der Waals surface area contributed by atoms with Gasteiger partial charge >= 0.3 is 5.97 Å². The predicted octanol–water partition coefficient (Wildman–Crippen LogP) is 1.78. The van der Waals surface area contributed by atoms with Crippen molar-refractivity contribution in [2.24, 2.45) is 0 Å². The standard InChI is InChI=1S/C19H22N2O5/c1-14(2)26-18(22)13-25-17-5-3-15(4-6-17)11-16(12-20)19(23)21-7-9-24-10-8-21/h3-6,11,14H,7-10,13H2,1-2H3/b16-11-. The van der Waals surface area contributed by atoms with E-state index >= 15 is 0 Å². The summed E-state index contributed by atoms with van der Waals surface area (Å²) >= 11 is 0. The Balaban J connectivity index is 1.97. The summed E-state index contributed by atoms with van der Waals surface area (Å²) in [6.45, 7) is 5.29. The molecule has 0 atom stereocenters. The molecule has 0 aromatic heterocycles. The number of rotatable bonds is 6. The number of carbonyl (C=O) groups is 2. The van der Waals surface area contributed by atoms with E-state index in [-0.39, 0.29) is 24.2 Å². The second kappa shape index (κ2) is 9.59. The van der Waals surface area contributed by atoms with Gasteiger partial charge < -0.3 is 19.1 Å². The van der Waals surface area contributed by atoms with Crippen LogP contribution >= 0.6 is 0 Å². The smallest absolute Gasteiger partial charge is 0.344 e. The van der Waals surface area contributed by atoms with Gasteiger partial charge in [0.15, 0.2) is 6.61 Å². The molecule has 1 saturated heterocycles. The third-order valence-electron chi connectivity index (χ3n) is 3.56. The molecule has 138 valence electrons. The van der Waals surface area contributed by atoms with Crippen molar-refractivity contribution in [2.45, 2.75) is 20.0 Å². The fourth-order valence-corrected chi connectivity index (χ4v) is 2.34. The number of amides is 1. The number of carbonyl (C=O) groups excluding carboxylic acids is 2. The predicted molar refractivity (Wildman–Crippen MR) is 94.2 cm³/mol. The van der Waals surface area contributed by atoms with Crippen LogP contribution in [0.25, 0.3) is 6.08 Å². The zero-order valence-electron chi connectivity index (χ0n) is 14.9. The topological polar surface area (TPSA) is 88.9 Å². The highest BCUT2D eigenvalue weighted by atomic mass is 16.6. The van der Waals surface area contributed by atoms with Gasteiger partial charge in [-0.15, -0.1) is 0 Å². The largest absolute Gasteiger partial charge is 0.482 e. The van der Waals surface area contributed by atoms with Crippen LogP contribution in [0.2, 0.25) is 0 Å². The van der Waals surface area contributed by atoms with E-state index in [1.165, 1.54) is 6.08 Å². The van der Waals surface area contributed by atoms with E-state index in [0.717, 1.165) is 0 Å². The van der Waals surface area contributed by atoms with E-state index in [1.54, 1.807) is 43.0 Å². The van der Waals surface area contributed by atoms with Crippen LogP contribution in [-0.2, 0) is 19.1 Å². The molecule has 0 radical (unpaired) electrons. The van der Waals surface area contributed by atoms with Crippen molar-refractivity contribution in [3.63, 3.8) is 0 Å². The molecule has 2 rings (SSSR count). The van der Waals surface area contributed by atoms with Crippen LogP contribution in [0.5, 0.6) is 5.75 Å². The molecule has 26 heavy (non-hydrogen) atoms. The van der Waals surface area contributed by atoms with Gasteiger partial charge in [0.05, 0.1) is 19.3 Å². The first-order valence-corrected chi connectivity index (χ1v) is 8.40. The lowest BCUT2D eigenvalue weighted by Crippen LogP contribution is -2.41. The van der Waals surface area contributed by atoms with E-state index in [1.807, 2.05) is 6.07 Å². The van der Waals surface area contributed by atoms with Crippen LogP contribution in [0.3, 0.4) is 0 Å². The second-order valence-corrected chi connectivity index (χ2v) is 5.97. The molecule has 7 nitrogen and oxygen atoms in total. The van der Waals surface area contributed by atoms with Gasteiger partial charge in [0, 0.05) is 13.1 Å². The van der Waals surface area contributed by atoms with Gasteiger partial charge in [0.2, 0.25) is 0 Å². The summed E-state index contributed by atoms with van der Waals surface area (Å²) in [5, 5.41) is 9.29. The molecular formula is C19H22N2O5. The molecule has 7 heteroatoms. The molecule has 1 amide bonds. The Kier molecular flexibility index (Phi) is 7.18. The lowest BCUT2D eigenvalue weighted by Gasteiger charge is -2.26. The summed E-state index contributed by atoms with van der Waals surface area (Å²) in [6.07, 6.45) is 1.35. The van der Waals surface area contributed by atoms with E-state index in [0.29, 0.717) is 37.6 Å². The van der Waals surface area contributed by atoms with Crippen LogP contribution in [0, 0.1) is 11.3 Å². The van der Waals surface area contributed by atoms with Crippen molar-refractivity contribution in [1.29, 1.82) is 5.26 Å². The minimum Gasteiger partial charge on any atom is -0.482 e. The van der Waals surface area contributed by atoms with Crippen molar-refractivity contribution in [3.05, 3.63) is 35.4 Å².